The summed E-state index contributed by atoms with van der Waals surface area (Å²) in [5, 5.41) is 11.0. The molecule has 0 aliphatic carbocycles. The topological polar surface area (TPSA) is 43.1 Å². The fourth-order valence-electron chi connectivity index (χ4n) is 1.61. The van der Waals surface area contributed by atoms with Crippen molar-refractivity contribution in [3.63, 3.8) is 0 Å². The SMILES string of the molecule is O=[N+]([O-])c1c(I)cccc1C=Cc1ccccc1. The Balaban J connectivity index is 2.38. The molecular weight excluding hydrogens is 341 g/mol. The molecule has 0 heterocycles. The first-order valence-electron chi connectivity index (χ1n) is 5.34. The Bertz CT molecular complexity index is 594. The molecular formula is C14H10INO2. The highest BCUT2D eigenvalue weighted by atomic mass is 127. The number of nitro groups is 1. The maximum Gasteiger partial charge on any atom is 0.289 e. The maximum absolute atomic E-state index is 11.0. The lowest BCUT2D eigenvalue weighted by Gasteiger charge is -1.99. The van der Waals surface area contributed by atoms with E-state index in [0.29, 0.717) is 9.13 Å². The first-order valence-corrected chi connectivity index (χ1v) is 6.42. The fourth-order valence-corrected chi connectivity index (χ4v) is 2.33. The molecule has 2 rings (SSSR count). The molecule has 0 aliphatic rings. The first-order chi connectivity index (χ1) is 8.68. The lowest BCUT2D eigenvalue weighted by atomic mass is 10.1. The van der Waals surface area contributed by atoms with Crippen LogP contribution in [0.5, 0.6) is 0 Å². The zero-order chi connectivity index (χ0) is 13.0. The van der Waals surface area contributed by atoms with Gasteiger partial charge in [0.15, 0.2) is 0 Å². The number of para-hydroxylation sites is 1. The third kappa shape index (κ3) is 2.95. The van der Waals surface area contributed by atoms with Gasteiger partial charge in [0, 0.05) is 0 Å². The Kier molecular flexibility index (Phi) is 4.09. The van der Waals surface area contributed by atoms with E-state index in [1.165, 1.54) is 0 Å². The molecule has 0 unspecified atom stereocenters. The van der Waals surface area contributed by atoms with E-state index >= 15 is 0 Å². The van der Waals surface area contributed by atoms with Crippen LogP contribution in [0, 0.1) is 13.7 Å². The lowest BCUT2D eigenvalue weighted by Crippen LogP contribution is -1.94. The van der Waals surface area contributed by atoms with Crippen molar-refractivity contribution in [2.45, 2.75) is 0 Å². The van der Waals surface area contributed by atoms with Gasteiger partial charge in [0.1, 0.15) is 0 Å². The molecule has 0 bridgehead atoms. The number of hydrogen-bond donors (Lipinski definition) is 0. The summed E-state index contributed by atoms with van der Waals surface area (Å²) in [6.45, 7) is 0. The van der Waals surface area contributed by atoms with Crippen molar-refractivity contribution in [1.29, 1.82) is 0 Å². The molecule has 0 fully saturated rings. The van der Waals surface area contributed by atoms with Crippen molar-refractivity contribution < 1.29 is 4.92 Å². The second-order valence-electron chi connectivity index (χ2n) is 3.68. The first kappa shape index (κ1) is 12.8. The van der Waals surface area contributed by atoms with Crippen LogP contribution in [0.4, 0.5) is 5.69 Å². The van der Waals surface area contributed by atoms with Crippen LogP contribution in [0.1, 0.15) is 11.1 Å². The number of rotatable bonds is 3. The normalized spacial score (nSPS) is 10.7. The Hall–Kier alpha value is -1.69. The quantitative estimate of drug-likeness (QED) is 0.357. The molecule has 0 aliphatic heterocycles. The van der Waals surface area contributed by atoms with Crippen molar-refractivity contribution in [1.82, 2.24) is 0 Å². The summed E-state index contributed by atoms with van der Waals surface area (Å²) < 4.78 is 0.646. The van der Waals surface area contributed by atoms with Crippen LogP contribution in [-0.2, 0) is 0 Å². The van der Waals surface area contributed by atoms with Crippen LogP contribution >= 0.6 is 22.6 Å². The smallest absolute Gasteiger partial charge is 0.258 e. The summed E-state index contributed by atoms with van der Waals surface area (Å²) >= 11 is 1.98. The third-order valence-corrected chi connectivity index (χ3v) is 3.33. The summed E-state index contributed by atoms with van der Waals surface area (Å²) in [7, 11) is 0. The highest BCUT2D eigenvalue weighted by molar-refractivity contribution is 14.1. The van der Waals surface area contributed by atoms with E-state index < -0.39 is 0 Å². The second kappa shape index (κ2) is 5.77. The van der Waals surface area contributed by atoms with Gasteiger partial charge in [0.25, 0.3) is 5.69 Å². The Morgan fingerprint density at radius 1 is 1.00 bits per heavy atom. The highest BCUT2D eigenvalue weighted by Crippen LogP contribution is 2.26. The minimum Gasteiger partial charge on any atom is -0.258 e. The molecule has 0 aromatic heterocycles. The van der Waals surface area contributed by atoms with Crippen molar-refractivity contribution in [2.75, 3.05) is 0 Å². The van der Waals surface area contributed by atoms with E-state index in [9.17, 15) is 10.1 Å². The summed E-state index contributed by atoms with van der Waals surface area (Å²) in [5.41, 5.74) is 1.80. The van der Waals surface area contributed by atoms with E-state index in [4.69, 9.17) is 0 Å². The van der Waals surface area contributed by atoms with Crippen LogP contribution in [-0.4, -0.2) is 4.92 Å². The average Bonchev–Trinajstić information content (AvgIpc) is 2.37. The molecule has 0 saturated heterocycles. The van der Waals surface area contributed by atoms with E-state index in [1.54, 1.807) is 18.2 Å². The fraction of sp³-hybridized carbons (Fsp3) is 0. The van der Waals surface area contributed by atoms with Crippen LogP contribution in [0.15, 0.2) is 48.5 Å². The maximum atomic E-state index is 11.0. The van der Waals surface area contributed by atoms with Gasteiger partial charge in [0.05, 0.1) is 14.1 Å². The molecule has 2 aromatic carbocycles. The average molecular weight is 351 g/mol. The molecule has 0 N–H and O–H groups in total. The van der Waals surface area contributed by atoms with Crippen molar-refractivity contribution in [3.05, 3.63) is 73.3 Å². The predicted molar refractivity (Wildman–Crippen MR) is 81.2 cm³/mol. The molecule has 3 nitrogen and oxygen atoms in total. The monoisotopic (exact) mass is 351 g/mol. The van der Waals surface area contributed by atoms with Crippen molar-refractivity contribution in [3.8, 4) is 0 Å². The molecule has 2 aromatic rings. The summed E-state index contributed by atoms with van der Waals surface area (Å²) in [6.07, 6.45) is 3.65. The van der Waals surface area contributed by atoms with Crippen molar-refractivity contribution >= 4 is 40.4 Å². The summed E-state index contributed by atoms with van der Waals surface area (Å²) in [4.78, 5) is 10.7. The van der Waals surface area contributed by atoms with E-state index in [1.807, 2.05) is 65.1 Å². The van der Waals surface area contributed by atoms with Gasteiger partial charge in [-0.15, -0.1) is 0 Å². The number of hydrogen-bond acceptors (Lipinski definition) is 2. The van der Waals surface area contributed by atoms with Crippen LogP contribution in [0.25, 0.3) is 12.2 Å². The molecule has 0 radical (unpaired) electrons. The van der Waals surface area contributed by atoms with E-state index in [2.05, 4.69) is 0 Å². The Labute approximate surface area is 118 Å². The van der Waals surface area contributed by atoms with Crippen LogP contribution in [0.2, 0.25) is 0 Å². The van der Waals surface area contributed by atoms with E-state index in [-0.39, 0.29) is 10.6 Å². The van der Waals surface area contributed by atoms with Gasteiger partial charge in [-0.05, 0) is 46.4 Å². The minimum atomic E-state index is -0.341. The van der Waals surface area contributed by atoms with Gasteiger partial charge >= 0.3 is 0 Å². The number of halogens is 1. The molecule has 90 valence electrons. The van der Waals surface area contributed by atoms with E-state index in [0.717, 1.165) is 5.56 Å². The molecule has 0 spiro atoms. The van der Waals surface area contributed by atoms with Gasteiger partial charge in [0.2, 0.25) is 0 Å². The molecule has 0 amide bonds. The Morgan fingerprint density at radius 2 is 1.72 bits per heavy atom. The third-order valence-electron chi connectivity index (χ3n) is 2.46. The number of benzene rings is 2. The highest BCUT2D eigenvalue weighted by Gasteiger charge is 2.15. The zero-order valence-corrected chi connectivity index (χ0v) is 11.6. The van der Waals surface area contributed by atoms with Gasteiger partial charge in [-0.25, -0.2) is 0 Å². The van der Waals surface area contributed by atoms with Crippen molar-refractivity contribution in [2.24, 2.45) is 0 Å². The number of nitro benzene ring substituents is 1. The van der Waals surface area contributed by atoms with Crippen LogP contribution < -0.4 is 0 Å². The predicted octanol–water partition coefficient (Wildman–Crippen LogP) is 4.37. The molecule has 18 heavy (non-hydrogen) atoms. The van der Waals surface area contributed by atoms with Gasteiger partial charge in [-0.2, -0.15) is 0 Å². The zero-order valence-electron chi connectivity index (χ0n) is 9.42. The van der Waals surface area contributed by atoms with Crippen LogP contribution in [0.3, 0.4) is 0 Å². The lowest BCUT2D eigenvalue weighted by molar-refractivity contribution is -0.386. The molecule has 0 saturated carbocycles. The summed E-state index contributed by atoms with van der Waals surface area (Å²) in [5.74, 6) is 0. The van der Waals surface area contributed by atoms with Gasteiger partial charge < -0.3 is 0 Å². The summed E-state index contributed by atoms with van der Waals surface area (Å²) in [6, 6.07) is 15.0. The minimum absolute atomic E-state index is 0.158. The number of nitrogens with zero attached hydrogens (tertiary/aromatic N) is 1. The van der Waals surface area contributed by atoms with Gasteiger partial charge in [-0.3, -0.25) is 10.1 Å². The Morgan fingerprint density at radius 3 is 2.39 bits per heavy atom. The second-order valence-corrected chi connectivity index (χ2v) is 4.84. The van der Waals surface area contributed by atoms with Gasteiger partial charge in [-0.1, -0.05) is 42.5 Å². The molecule has 0 atom stereocenters. The largest absolute Gasteiger partial charge is 0.289 e. The standard InChI is InChI=1S/C14H10INO2/c15-13-8-4-7-12(14(13)16(17)18)10-9-11-5-2-1-3-6-11/h1-10H. The molecule has 4 heteroatoms.